The van der Waals surface area contributed by atoms with Crippen LogP contribution in [0.5, 0.6) is 0 Å². The highest BCUT2D eigenvalue weighted by Crippen LogP contribution is 2.14. The first-order valence-electron chi connectivity index (χ1n) is 6.39. The fraction of sp³-hybridized carbons (Fsp3) is 1.00. The Bertz CT molecular complexity index is 300. The molecule has 1 N–H and O–H groups in total. The van der Waals surface area contributed by atoms with E-state index in [1.54, 1.807) is 4.31 Å². The van der Waals surface area contributed by atoms with Gasteiger partial charge in [-0.05, 0) is 26.3 Å². The van der Waals surface area contributed by atoms with Crippen LogP contribution in [0.3, 0.4) is 0 Å². The van der Waals surface area contributed by atoms with E-state index in [4.69, 9.17) is 4.74 Å². The van der Waals surface area contributed by atoms with Gasteiger partial charge in [0.15, 0.2) is 0 Å². The lowest BCUT2D eigenvalue weighted by molar-refractivity contribution is 0.161. The Morgan fingerprint density at radius 2 is 2.18 bits per heavy atom. The Labute approximate surface area is 105 Å². The van der Waals surface area contributed by atoms with Gasteiger partial charge >= 0.3 is 0 Å². The van der Waals surface area contributed by atoms with Crippen molar-refractivity contribution in [2.75, 3.05) is 38.6 Å². The molecule has 0 aromatic carbocycles. The molecule has 0 aromatic heterocycles. The molecule has 0 aromatic rings. The number of sulfonamides is 1. The number of rotatable bonds is 7. The molecule has 0 amide bonds. The van der Waals surface area contributed by atoms with E-state index in [2.05, 4.69) is 5.32 Å². The van der Waals surface area contributed by atoms with Crippen LogP contribution in [-0.2, 0) is 14.8 Å². The van der Waals surface area contributed by atoms with Crippen LogP contribution in [0.25, 0.3) is 0 Å². The molecule has 17 heavy (non-hydrogen) atoms. The summed E-state index contributed by atoms with van der Waals surface area (Å²) >= 11 is 0. The molecule has 0 radical (unpaired) electrons. The van der Waals surface area contributed by atoms with E-state index in [1.165, 1.54) is 0 Å². The third kappa shape index (κ3) is 4.54. The fourth-order valence-corrected chi connectivity index (χ4v) is 3.78. The van der Waals surface area contributed by atoms with Gasteiger partial charge in [-0.15, -0.1) is 0 Å². The second kappa shape index (κ2) is 7.31. The highest BCUT2D eigenvalue weighted by atomic mass is 32.2. The first-order valence-corrected chi connectivity index (χ1v) is 8.00. The summed E-state index contributed by atoms with van der Waals surface area (Å²) in [5, 5.41) is 3.25. The Balaban J connectivity index is 2.57. The molecular weight excluding hydrogens is 240 g/mol. The number of hydrogen-bond acceptors (Lipinski definition) is 4. The number of nitrogens with one attached hydrogen (secondary N) is 1. The molecule has 1 atom stereocenters. The highest BCUT2D eigenvalue weighted by Gasteiger charge is 2.29. The maximum Gasteiger partial charge on any atom is 0.216 e. The minimum atomic E-state index is -3.18. The Morgan fingerprint density at radius 3 is 2.71 bits per heavy atom. The van der Waals surface area contributed by atoms with Crippen LogP contribution in [0.4, 0.5) is 0 Å². The Kier molecular flexibility index (Phi) is 6.40. The van der Waals surface area contributed by atoms with Crippen LogP contribution in [0.2, 0.25) is 0 Å². The molecule has 102 valence electrons. The average Bonchev–Trinajstić information content (AvgIpc) is 2.31. The molecule has 1 fully saturated rings. The summed E-state index contributed by atoms with van der Waals surface area (Å²) in [6.07, 6.45) is 2.00. The van der Waals surface area contributed by atoms with E-state index in [0.717, 1.165) is 25.9 Å². The number of likely N-dealkylation sites (N-methyl/N-ethyl adjacent to an activating group) is 1. The van der Waals surface area contributed by atoms with Crippen LogP contribution in [0.1, 0.15) is 26.7 Å². The van der Waals surface area contributed by atoms with Crippen LogP contribution >= 0.6 is 0 Å². The molecule has 0 spiro atoms. The van der Waals surface area contributed by atoms with E-state index in [9.17, 15) is 8.42 Å². The first kappa shape index (κ1) is 14.9. The van der Waals surface area contributed by atoms with Crippen molar-refractivity contribution in [2.24, 2.45) is 0 Å². The topological polar surface area (TPSA) is 58.6 Å². The summed E-state index contributed by atoms with van der Waals surface area (Å²) in [7, 11) is -3.18. The molecule has 5 nitrogen and oxygen atoms in total. The van der Waals surface area contributed by atoms with Crippen LogP contribution < -0.4 is 5.32 Å². The van der Waals surface area contributed by atoms with Crippen molar-refractivity contribution in [2.45, 2.75) is 32.7 Å². The van der Waals surface area contributed by atoms with E-state index in [1.807, 2.05) is 13.8 Å². The summed E-state index contributed by atoms with van der Waals surface area (Å²) < 4.78 is 31.1. The predicted octanol–water partition coefficient (Wildman–Crippen LogP) is 0.427. The number of ether oxygens (including phenoxy) is 1. The van der Waals surface area contributed by atoms with Crippen molar-refractivity contribution in [1.82, 2.24) is 9.62 Å². The summed E-state index contributed by atoms with van der Waals surface area (Å²) in [6, 6.07) is 0.111. The number of hydrogen-bond donors (Lipinski definition) is 1. The summed E-state index contributed by atoms with van der Waals surface area (Å²) in [5.41, 5.74) is 0. The zero-order valence-corrected chi connectivity index (χ0v) is 11.6. The predicted molar refractivity (Wildman–Crippen MR) is 68.6 cm³/mol. The zero-order chi connectivity index (χ0) is 12.7. The van der Waals surface area contributed by atoms with Gasteiger partial charge in [0.25, 0.3) is 0 Å². The summed E-state index contributed by atoms with van der Waals surface area (Å²) in [6.45, 7) is 6.92. The fourth-order valence-electron chi connectivity index (χ4n) is 2.19. The smallest absolute Gasteiger partial charge is 0.216 e. The normalized spacial score (nSPS) is 21.9. The van der Waals surface area contributed by atoms with Crippen LogP contribution in [0.15, 0.2) is 0 Å². The van der Waals surface area contributed by atoms with Crippen molar-refractivity contribution in [3.63, 3.8) is 0 Å². The summed E-state index contributed by atoms with van der Waals surface area (Å²) in [5.74, 6) is 0.0885. The molecule has 1 aliphatic heterocycles. The number of nitrogens with zero attached hydrogens (tertiary/aromatic N) is 1. The van der Waals surface area contributed by atoms with Gasteiger partial charge in [0.2, 0.25) is 10.0 Å². The van der Waals surface area contributed by atoms with Gasteiger partial charge < -0.3 is 10.1 Å². The third-order valence-corrected chi connectivity index (χ3v) is 4.99. The van der Waals surface area contributed by atoms with Crippen molar-refractivity contribution < 1.29 is 13.2 Å². The lowest BCUT2D eigenvalue weighted by atomic mass is 10.1. The van der Waals surface area contributed by atoms with Gasteiger partial charge in [0, 0.05) is 25.7 Å². The molecular formula is C11H24N2O3S. The largest absolute Gasteiger partial charge is 0.381 e. The maximum absolute atomic E-state index is 12.2. The van der Waals surface area contributed by atoms with Crippen molar-refractivity contribution >= 4 is 10.0 Å². The van der Waals surface area contributed by atoms with Gasteiger partial charge in [-0.1, -0.05) is 6.92 Å². The van der Waals surface area contributed by atoms with E-state index in [-0.39, 0.29) is 18.4 Å². The third-order valence-electron chi connectivity index (χ3n) is 3.04. The second-order valence-electron chi connectivity index (χ2n) is 4.22. The monoisotopic (exact) mass is 264 g/mol. The minimum Gasteiger partial charge on any atom is -0.381 e. The Morgan fingerprint density at radius 1 is 1.41 bits per heavy atom. The molecule has 1 heterocycles. The first-order chi connectivity index (χ1) is 8.11. The van der Waals surface area contributed by atoms with Gasteiger partial charge in [-0.3, -0.25) is 0 Å². The second-order valence-corrected chi connectivity index (χ2v) is 6.26. The molecule has 1 saturated heterocycles. The van der Waals surface area contributed by atoms with Crippen molar-refractivity contribution in [1.29, 1.82) is 0 Å². The standard InChI is InChI=1S/C11H24N2O3S/c1-3-13(11-6-5-7-12-10-11)17(14,15)9-8-16-4-2/h11-12H,3-10H2,1-2H3. The SMILES string of the molecule is CCOCCS(=O)(=O)N(CC)C1CCCNC1. The number of piperidine rings is 1. The molecule has 1 rings (SSSR count). The Hall–Kier alpha value is -0.170. The van der Waals surface area contributed by atoms with E-state index in [0.29, 0.717) is 13.2 Å². The van der Waals surface area contributed by atoms with Gasteiger partial charge in [-0.2, -0.15) is 4.31 Å². The highest BCUT2D eigenvalue weighted by molar-refractivity contribution is 7.89. The van der Waals surface area contributed by atoms with Gasteiger partial charge in [-0.25, -0.2) is 8.42 Å². The summed E-state index contributed by atoms with van der Waals surface area (Å²) in [4.78, 5) is 0. The van der Waals surface area contributed by atoms with Crippen molar-refractivity contribution in [3.8, 4) is 0 Å². The lowest BCUT2D eigenvalue weighted by Crippen LogP contribution is -2.49. The molecule has 0 saturated carbocycles. The van der Waals surface area contributed by atoms with Gasteiger partial charge in [0.05, 0.1) is 12.4 Å². The quantitative estimate of drug-likeness (QED) is 0.677. The maximum atomic E-state index is 12.2. The zero-order valence-electron chi connectivity index (χ0n) is 10.8. The molecule has 6 heteroatoms. The van der Waals surface area contributed by atoms with Crippen LogP contribution in [-0.4, -0.2) is 57.4 Å². The minimum absolute atomic E-state index is 0.0885. The molecule has 1 aliphatic rings. The lowest BCUT2D eigenvalue weighted by Gasteiger charge is -2.33. The van der Waals surface area contributed by atoms with Crippen LogP contribution in [0, 0.1) is 0 Å². The molecule has 1 unspecified atom stereocenters. The van der Waals surface area contributed by atoms with Crippen molar-refractivity contribution in [3.05, 3.63) is 0 Å². The molecule has 0 bridgehead atoms. The van der Waals surface area contributed by atoms with E-state index >= 15 is 0 Å². The average molecular weight is 264 g/mol. The van der Waals surface area contributed by atoms with E-state index < -0.39 is 10.0 Å². The molecule has 0 aliphatic carbocycles. The van der Waals surface area contributed by atoms with Gasteiger partial charge in [0.1, 0.15) is 0 Å².